The number of carbonyl (C=O) groups is 1. The van der Waals surface area contributed by atoms with E-state index in [0.717, 1.165) is 25.0 Å². The monoisotopic (exact) mass is 184 g/mol. The number of amides is 2. The highest BCUT2D eigenvalue weighted by atomic mass is 16.2. The third-order valence-corrected chi connectivity index (χ3v) is 1.68. The first kappa shape index (κ1) is 12.0. The number of nitrogens with zero attached hydrogens (tertiary/aromatic N) is 1. The standard InChI is InChI=1S/C10H20N2O/c1-5-6-7-12(4)10(13)11-8-9(2)3/h8H,5-7H2,1-4H3,(H,11,13). The Hall–Kier alpha value is -0.990. The average molecular weight is 184 g/mol. The Morgan fingerprint density at radius 1 is 1.46 bits per heavy atom. The van der Waals surface area contributed by atoms with Crippen molar-refractivity contribution in [1.29, 1.82) is 0 Å². The number of hydrogen-bond donors (Lipinski definition) is 1. The van der Waals surface area contributed by atoms with Crippen molar-refractivity contribution in [2.24, 2.45) is 0 Å². The number of hydrogen-bond acceptors (Lipinski definition) is 1. The summed E-state index contributed by atoms with van der Waals surface area (Å²) < 4.78 is 0. The lowest BCUT2D eigenvalue weighted by Crippen LogP contribution is -2.35. The fourth-order valence-corrected chi connectivity index (χ4v) is 0.813. The van der Waals surface area contributed by atoms with Gasteiger partial charge in [0.1, 0.15) is 0 Å². The van der Waals surface area contributed by atoms with Gasteiger partial charge in [0.05, 0.1) is 0 Å². The highest BCUT2D eigenvalue weighted by Gasteiger charge is 2.04. The molecule has 1 N–H and O–H groups in total. The molecular weight excluding hydrogens is 164 g/mol. The molecule has 0 fully saturated rings. The van der Waals surface area contributed by atoms with Gasteiger partial charge in [0.25, 0.3) is 0 Å². The van der Waals surface area contributed by atoms with E-state index in [9.17, 15) is 4.79 Å². The summed E-state index contributed by atoms with van der Waals surface area (Å²) in [7, 11) is 1.81. The number of unbranched alkanes of at least 4 members (excludes halogenated alkanes) is 1. The summed E-state index contributed by atoms with van der Waals surface area (Å²) in [4.78, 5) is 13.0. The predicted molar refractivity (Wildman–Crippen MR) is 55.5 cm³/mol. The minimum absolute atomic E-state index is 0.0327. The number of rotatable bonds is 4. The van der Waals surface area contributed by atoms with E-state index in [0.29, 0.717) is 0 Å². The van der Waals surface area contributed by atoms with E-state index in [1.165, 1.54) is 0 Å². The topological polar surface area (TPSA) is 32.3 Å². The van der Waals surface area contributed by atoms with Crippen LogP contribution in [0.4, 0.5) is 4.79 Å². The van der Waals surface area contributed by atoms with Crippen LogP contribution in [-0.4, -0.2) is 24.5 Å². The van der Waals surface area contributed by atoms with Crippen molar-refractivity contribution in [2.75, 3.05) is 13.6 Å². The lowest BCUT2D eigenvalue weighted by molar-refractivity contribution is 0.212. The van der Waals surface area contributed by atoms with Gasteiger partial charge in [-0.25, -0.2) is 4.79 Å². The summed E-state index contributed by atoms with van der Waals surface area (Å²) in [6.45, 7) is 6.83. The number of carbonyl (C=O) groups excluding carboxylic acids is 1. The van der Waals surface area contributed by atoms with Crippen LogP contribution in [-0.2, 0) is 0 Å². The van der Waals surface area contributed by atoms with E-state index < -0.39 is 0 Å². The summed E-state index contributed by atoms with van der Waals surface area (Å²) in [5, 5.41) is 2.72. The molecule has 0 aromatic rings. The molecule has 0 unspecified atom stereocenters. The van der Waals surface area contributed by atoms with E-state index in [-0.39, 0.29) is 6.03 Å². The maximum atomic E-state index is 11.3. The SMILES string of the molecule is CCCCN(C)C(=O)NC=C(C)C. The average Bonchev–Trinajstić information content (AvgIpc) is 2.10. The first-order valence-corrected chi connectivity index (χ1v) is 4.73. The summed E-state index contributed by atoms with van der Waals surface area (Å²) in [5.74, 6) is 0. The van der Waals surface area contributed by atoms with Crippen molar-refractivity contribution in [3.63, 3.8) is 0 Å². The van der Waals surface area contributed by atoms with E-state index in [1.807, 2.05) is 20.9 Å². The number of urea groups is 1. The largest absolute Gasteiger partial charge is 0.328 e. The molecule has 0 aliphatic carbocycles. The molecule has 0 saturated heterocycles. The molecule has 0 saturated carbocycles. The van der Waals surface area contributed by atoms with Crippen LogP contribution in [0.2, 0.25) is 0 Å². The molecule has 0 aliphatic rings. The van der Waals surface area contributed by atoms with Gasteiger partial charge < -0.3 is 10.2 Å². The molecule has 0 aliphatic heterocycles. The molecule has 0 rings (SSSR count). The number of nitrogens with one attached hydrogen (secondary N) is 1. The van der Waals surface area contributed by atoms with Crippen LogP contribution in [0.25, 0.3) is 0 Å². The van der Waals surface area contributed by atoms with Gasteiger partial charge in [-0.2, -0.15) is 0 Å². The third kappa shape index (κ3) is 6.20. The summed E-state index contributed by atoms with van der Waals surface area (Å²) >= 11 is 0. The number of allylic oxidation sites excluding steroid dienone is 1. The van der Waals surface area contributed by atoms with Gasteiger partial charge >= 0.3 is 6.03 Å². The quantitative estimate of drug-likeness (QED) is 0.714. The van der Waals surface area contributed by atoms with Crippen LogP contribution >= 0.6 is 0 Å². The molecule has 0 bridgehead atoms. The van der Waals surface area contributed by atoms with E-state index in [1.54, 1.807) is 11.1 Å². The minimum atomic E-state index is -0.0327. The first-order chi connectivity index (χ1) is 6.07. The van der Waals surface area contributed by atoms with E-state index in [4.69, 9.17) is 0 Å². The van der Waals surface area contributed by atoms with Crippen LogP contribution in [0, 0.1) is 0 Å². The van der Waals surface area contributed by atoms with Crippen molar-refractivity contribution in [1.82, 2.24) is 10.2 Å². The molecule has 0 aromatic heterocycles. The van der Waals surface area contributed by atoms with E-state index in [2.05, 4.69) is 12.2 Å². The molecule has 2 amide bonds. The zero-order valence-corrected chi connectivity index (χ0v) is 9.05. The molecular formula is C10H20N2O. The van der Waals surface area contributed by atoms with Crippen molar-refractivity contribution < 1.29 is 4.79 Å². The van der Waals surface area contributed by atoms with Crippen LogP contribution in [0.5, 0.6) is 0 Å². The van der Waals surface area contributed by atoms with Gasteiger partial charge in [0.2, 0.25) is 0 Å². The third-order valence-electron chi connectivity index (χ3n) is 1.68. The van der Waals surface area contributed by atoms with E-state index >= 15 is 0 Å². The second-order valence-corrected chi connectivity index (χ2v) is 3.45. The van der Waals surface area contributed by atoms with Gasteiger partial charge in [-0.1, -0.05) is 18.9 Å². The van der Waals surface area contributed by atoms with Crippen molar-refractivity contribution in [3.05, 3.63) is 11.8 Å². The Labute approximate surface area is 80.8 Å². The van der Waals surface area contributed by atoms with Crippen molar-refractivity contribution in [2.45, 2.75) is 33.6 Å². The Morgan fingerprint density at radius 3 is 2.54 bits per heavy atom. The Morgan fingerprint density at radius 2 is 2.08 bits per heavy atom. The van der Waals surface area contributed by atoms with Crippen LogP contribution < -0.4 is 5.32 Å². The van der Waals surface area contributed by atoms with Gasteiger partial charge in [0.15, 0.2) is 0 Å². The van der Waals surface area contributed by atoms with Gasteiger partial charge in [-0.05, 0) is 20.3 Å². The lowest BCUT2D eigenvalue weighted by Gasteiger charge is -2.15. The molecule has 0 heterocycles. The fraction of sp³-hybridized carbons (Fsp3) is 0.700. The molecule has 0 aromatic carbocycles. The Bertz CT molecular complexity index is 183. The predicted octanol–water partition coefficient (Wildman–Crippen LogP) is 2.35. The molecule has 0 atom stereocenters. The Kier molecular flexibility index (Phi) is 6.02. The Balaban J connectivity index is 3.76. The first-order valence-electron chi connectivity index (χ1n) is 4.73. The molecule has 3 nitrogen and oxygen atoms in total. The van der Waals surface area contributed by atoms with Gasteiger partial charge in [0, 0.05) is 19.8 Å². The van der Waals surface area contributed by atoms with Crippen LogP contribution in [0.1, 0.15) is 33.6 Å². The summed E-state index contributed by atoms with van der Waals surface area (Å²) in [5.41, 5.74) is 1.09. The van der Waals surface area contributed by atoms with Gasteiger partial charge in [-0.15, -0.1) is 0 Å². The summed E-state index contributed by atoms with van der Waals surface area (Å²) in [6, 6.07) is -0.0327. The smallest absolute Gasteiger partial charge is 0.321 e. The maximum absolute atomic E-state index is 11.3. The van der Waals surface area contributed by atoms with Gasteiger partial charge in [-0.3, -0.25) is 0 Å². The zero-order valence-electron chi connectivity index (χ0n) is 9.05. The van der Waals surface area contributed by atoms with Crippen LogP contribution in [0.3, 0.4) is 0 Å². The van der Waals surface area contributed by atoms with Crippen LogP contribution in [0.15, 0.2) is 11.8 Å². The molecule has 13 heavy (non-hydrogen) atoms. The molecule has 0 radical (unpaired) electrons. The summed E-state index contributed by atoms with van der Waals surface area (Å²) in [6.07, 6.45) is 3.89. The minimum Gasteiger partial charge on any atom is -0.328 e. The maximum Gasteiger partial charge on any atom is 0.321 e. The lowest BCUT2D eigenvalue weighted by atomic mass is 10.3. The molecule has 3 heteroatoms. The second-order valence-electron chi connectivity index (χ2n) is 3.45. The normalized spacial score (nSPS) is 9.23. The zero-order chi connectivity index (χ0) is 10.3. The van der Waals surface area contributed by atoms with Crippen molar-refractivity contribution >= 4 is 6.03 Å². The molecule has 76 valence electrons. The highest BCUT2D eigenvalue weighted by molar-refractivity contribution is 5.74. The van der Waals surface area contributed by atoms with Crippen molar-refractivity contribution in [3.8, 4) is 0 Å². The second kappa shape index (κ2) is 6.52. The highest BCUT2D eigenvalue weighted by Crippen LogP contribution is 1.92. The molecule has 0 spiro atoms. The fourth-order valence-electron chi connectivity index (χ4n) is 0.813.